The van der Waals surface area contributed by atoms with E-state index in [-0.39, 0.29) is 17.6 Å². The second kappa shape index (κ2) is 7.08. The van der Waals surface area contributed by atoms with E-state index in [1.54, 1.807) is 29.7 Å². The first-order valence-electron chi connectivity index (χ1n) is 10.1. The largest absolute Gasteiger partial charge is 0.409 e. The van der Waals surface area contributed by atoms with Gasteiger partial charge in [-0.2, -0.15) is 5.10 Å². The molecule has 1 amide bonds. The number of nitrogens with zero attached hydrogens (tertiary/aromatic N) is 8. The molecule has 0 aromatic carbocycles. The fraction of sp³-hybridized carbons (Fsp3) is 0.190. The number of carbonyl (C=O) groups excluding carboxylic acids is 1. The van der Waals surface area contributed by atoms with Crippen molar-refractivity contribution in [3.63, 3.8) is 0 Å². The van der Waals surface area contributed by atoms with Crippen molar-refractivity contribution in [3.05, 3.63) is 77.7 Å². The van der Waals surface area contributed by atoms with Gasteiger partial charge in [0, 0.05) is 36.7 Å². The molecule has 1 atom stereocenters. The van der Waals surface area contributed by atoms with Crippen LogP contribution in [-0.4, -0.2) is 57.1 Å². The molecule has 0 fully saturated rings. The summed E-state index contributed by atoms with van der Waals surface area (Å²) >= 11 is 0. The lowest BCUT2D eigenvalue weighted by Crippen LogP contribution is -2.41. The van der Waals surface area contributed by atoms with E-state index in [9.17, 15) is 4.79 Å². The third-order valence-corrected chi connectivity index (χ3v) is 5.53. The lowest BCUT2D eigenvalue weighted by molar-refractivity contribution is 0.0646. The van der Waals surface area contributed by atoms with E-state index in [2.05, 4.69) is 30.1 Å². The summed E-state index contributed by atoms with van der Waals surface area (Å²) in [4.78, 5) is 31.0. The van der Waals surface area contributed by atoms with Crippen molar-refractivity contribution in [2.24, 2.45) is 0 Å². The molecule has 0 bridgehead atoms. The molecule has 1 aliphatic heterocycles. The van der Waals surface area contributed by atoms with Gasteiger partial charge in [0.15, 0.2) is 0 Å². The monoisotopic (exact) mass is 427 g/mol. The van der Waals surface area contributed by atoms with Crippen LogP contribution >= 0.6 is 0 Å². The van der Waals surface area contributed by atoms with Crippen molar-refractivity contribution in [3.8, 4) is 11.7 Å². The fourth-order valence-electron chi connectivity index (χ4n) is 4.03. The molecule has 0 unspecified atom stereocenters. The number of nitrogens with one attached hydrogen (secondary N) is 1. The van der Waals surface area contributed by atoms with Crippen molar-refractivity contribution in [2.75, 3.05) is 6.54 Å². The first-order valence-corrected chi connectivity index (χ1v) is 10.1. The molecule has 0 aliphatic carbocycles. The highest BCUT2D eigenvalue weighted by molar-refractivity contribution is 5.90. The zero-order valence-corrected chi connectivity index (χ0v) is 17.0. The van der Waals surface area contributed by atoms with E-state index >= 15 is 0 Å². The third-order valence-electron chi connectivity index (χ3n) is 5.53. The van der Waals surface area contributed by atoms with E-state index in [0.717, 1.165) is 22.6 Å². The van der Waals surface area contributed by atoms with E-state index in [0.29, 0.717) is 18.7 Å². The van der Waals surface area contributed by atoms with Gasteiger partial charge in [-0.1, -0.05) is 6.07 Å². The number of aryl methyl sites for hydroxylation is 1. The number of hydrogen-bond donors (Lipinski definition) is 1. The molecule has 11 heteroatoms. The number of amides is 1. The highest BCUT2D eigenvalue weighted by atomic mass is 16.4. The van der Waals surface area contributed by atoms with Gasteiger partial charge in [-0.3, -0.25) is 4.79 Å². The quantitative estimate of drug-likeness (QED) is 0.462. The van der Waals surface area contributed by atoms with Crippen molar-refractivity contribution in [2.45, 2.75) is 19.4 Å². The number of H-pyrrole nitrogens is 1. The first kappa shape index (κ1) is 18.4. The molecule has 0 saturated heterocycles. The number of rotatable bonds is 3. The van der Waals surface area contributed by atoms with Gasteiger partial charge in [0.1, 0.15) is 6.04 Å². The Kier molecular flexibility index (Phi) is 4.06. The lowest BCUT2D eigenvalue weighted by atomic mass is 9.99. The lowest BCUT2D eigenvalue weighted by Gasteiger charge is -2.32. The van der Waals surface area contributed by atoms with E-state index in [1.807, 2.05) is 35.7 Å². The second-order valence-electron chi connectivity index (χ2n) is 7.48. The van der Waals surface area contributed by atoms with Crippen molar-refractivity contribution in [1.29, 1.82) is 0 Å². The smallest absolute Gasteiger partial charge is 0.312 e. The molecule has 5 aromatic rings. The molecule has 6 rings (SSSR count). The van der Waals surface area contributed by atoms with E-state index < -0.39 is 11.9 Å². The maximum absolute atomic E-state index is 13.5. The van der Waals surface area contributed by atoms with Gasteiger partial charge in [-0.15, -0.1) is 10.2 Å². The number of aromatic nitrogens is 8. The number of hydrogen-bond acceptors (Lipinski definition) is 8. The molecule has 32 heavy (non-hydrogen) atoms. The molecule has 1 aliphatic rings. The van der Waals surface area contributed by atoms with Crippen molar-refractivity contribution < 1.29 is 9.21 Å². The molecule has 1 N–H and O–H groups in total. The van der Waals surface area contributed by atoms with Crippen LogP contribution in [0.1, 0.15) is 39.5 Å². The summed E-state index contributed by atoms with van der Waals surface area (Å²) in [6.45, 7) is 2.43. The summed E-state index contributed by atoms with van der Waals surface area (Å²) in [6.07, 6.45) is 5.41. The first-order chi connectivity index (χ1) is 15.7. The summed E-state index contributed by atoms with van der Waals surface area (Å²) in [5, 5.41) is 12.7. The average molecular weight is 427 g/mol. The maximum Gasteiger partial charge on any atom is 0.312 e. The second-order valence-corrected chi connectivity index (χ2v) is 7.48. The molecule has 158 valence electrons. The zero-order valence-electron chi connectivity index (χ0n) is 17.0. The predicted molar refractivity (Wildman–Crippen MR) is 110 cm³/mol. The number of carbonyl (C=O) groups is 1. The summed E-state index contributed by atoms with van der Waals surface area (Å²) < 4.78 is 7.48. The SMILES string of the molecule is Cc1cccc2cc([C@H]3c4nc[nH]c4CCN3C(=O)c3nnc(-c4ncccn4)o3)nn12. The van der Waals surface area contributed by atoms with Gasteiger partial charge in [0.05, 0.1) is 23.2 Å². The summed E-state index contributed by atoms with van der Waals surface area (Å²) in [6, 6.07) is 9.11. The standard InChI is InChI=1S/C21H17N9O2/c1-12-4-2-5-13-10-15(28-30(12)13)17-16-14(24-11-25-16)6-9-29(17)21(31)20-27-26-19(32-20)18-22-7-3-8-23-18/h2-5,7-8,10-11,17H,6,9H2,1H3,(H,24,25)/t17-/m0/s1. The summed E-state index contributed by atoms with van der Waals surface area (Å²) in [7, 11) is 0. The maximum atomic E-state index is 13.5. The molecule has 11 nitrogen and oxygen atoms in total. The van der Waals surface area contributed by atoms with Crippen LogP contribution in [0.25, 0.3) is 17.2 Å². The number of aromatic amines is 1. The van der Waals surface area contributed by atoms with Crippen LogP contribution in [0, 0.1) is 6.92 Å². The Morgan fingerprint density at radius 1 is 1.16 bits per heavy atom. The number of pyridine rings is 1. The Bertz CT molecular complexity index is 1440. The van der Waals surface area contributed by atoms with Crippen LogP contribution in [0.4, 0.5) is 0 Å². The molecule has 5 aromatic heterocycles. The highest BCUT2D eigenvalue weighted by Crippen LogP contribution is 2.34. The van der Waals surface area contributed by atoms with Crippen LogP contribution in [0.3, 0.4) is 0 Å². The molecule has 0 spiro atoms. The van der Waals surface area contributed by atoms with Crippen LogP contribution in [-0.2, 0) is 6.42 Å². The Hall–Kier alpha value is -4.41. The number of fused-ring (bicyclic) bond motifs is 2. The summed E-state index contributed by atoms with van der Waals surface area (Å²) in [5.41, 5.74) is 4.39. The zero-order chi connectivity index (χ0) is 21.7. The van der Waals surface area contributed by atoms with Gasteiger partial charge in [0.2, 0.25) is 5.82 Å². The summed E-state index contributed by atoms with van der Waals surface area (Å²) in [5.74, 6) is -0.172. The van der Waals surface area contributed by atoms with Crippen LogP contribution in [0.2, 0.25) is 0 Å². The highest BCUT2D eigenvalue weighted by Gasteiger charge is 2.38. The Balaban J connectivity index is 1.41. The van der Waals surface area contributed by atoms with Crippen molar-refractivity contribution >= 4 is 11.4 Å². The normalized spacial score (nSPS) is 15.8. The van der Waals surface area contributed by atoms with Crippen LogP contribution in [0.5, 0.6) is 0 Å². The Morgan fingerprint density at radius 3 is 2.88 bits per heavy atom. The van der Waals surface area contributed by atoms with Gasteiger partial charge in [-0.25, -0.2) is 19.5 Å². The Morgan fingerprint density at radius 2 is 2.03 bits per heavy atom. The fourth-order valence-corrected chi connectivity index (χ4v) is 4.03. The third kappa shape index (κ3) is 2.86. The van der Waals surface area contributed by atoms with Gasteiger partial charge in [0.25, 0.3) is 5.89 Å². The topological polar surface area (TPSA) is 131 Å². The van der Waals surface area contributed by atoms with Crippen LogP contribution in [0.15, 0.2) is 53.5 Å². The van der Waals surface area contributed by atoms with Gasteiger partial charge in [-0.05, 0) is 31.2 Å². The molecular formula is C21H17N9O2. The number of imidazole rings is 1. The predicted octanol–water partition coefficient (Wildman–Crippen LogP) is 1.99. The van der Waals surface area contributed by atoms with Gasteiger partial charge >= 0.3 is 11.8 Å². The minimum Gasteiger partial charge on any atom is -0.409 e. The molecule has 0 saturated carbocycles. The van der Waals surface area contributed by atoms with Gasteiger partial charge < -0.3 is 14.3 Å². The average Bonchev–Trinajstić information content (AvgIpc) is 3.58. The molecule has 0 radical (unpaired) electrons. The van der Waals surface area contributed by atoms with E-state index in [1.165, 1.54) is 0 Å². The van der Waals surface area contributed by atoms with Crippen LogP contribution < -0.4 is 0 Å². The van der Waals surface area contributed by atoms with Crippen molar-refractivity contribution in [1.82, 2.24) is 44.6 Å². The molecular weight excluding hydrogens is 410 g/mol. The minimum atomic E-state index is -0.486. The Labute approximate surface area is 181 Å². The molecule has 6 heterocycles. The minimum absolute atomic E-state index is 0.0892. The van der Waals surface area contributed by atoms with E-state index in [4.69, 9.17) is 9.52 Å².